The average molecular weight is 254 g/mol. The Balaban J connectivity index is 0.000000232. The standard InChI is InChI=1S/C11H21N.C5H13N/c1-9(2)12-8-11-6-4-5-10(11,3)7-11;1-5(2)6(3)4/h9,12H,4-8H2,1-3H3;5H,1-4H3. The van der Waals surface area contributed by atoms with E-state index in [0.29, 0.717) is 12.1 Å². The van der Waals surface area contributed by atoms with Crippen LogP contribution in [0.15, 0.2) is 0 Å². The van der Waals surface area contributed by atoms with E-state index in [1.165, 1.54) is 32.2 Å². The lowest BCUT2D eigenvalue weighted by molar-refractivity contribution is 0.335. The second kappa shape index (κ2) is 5.92. The zero-order chi connectivity index (χ0) is 14.0. The zero-order valence-electron chi connectivity index (χ0n) is 13.6. The van der Waals surface area contributed by atoms with Crippen molar-refractivity contribution in [3.63, 3.8) is 0 Å². The minimum absolute atomic E-state index is 0.657. The van der Waals surface area contributed by atoms with Gasteiger partial charge < -0.3 is 10.2 Å². The lowest BCUT2D eigenvalue weighted by Crippen LogP contribution is -2.30. The molecule has 0 heterocycles. The summed E-state index contributed by atoms with van der Waals surface area (Å²) in [5.74, 6) is 0. The van der Waals surface area contributed by atoms with Crippen LogP contribution in [0.5, 0.6) is 0 Å². The molecule has 0 aliphatic heterocycles. The number of nitrogens with zero attached hydrogens (tertiary/aromatic N) is 1. The van der Waals surface area contributed by atoms with E-state index >= 15 is 0 Å². The summed E-state index contributed by atoms with van der Waals surface area (Å²) in [7, 11) is 4.15. The first-order valence-corrected chi connectivity index (χ1v) is 7.62. The molecule has 2 rings (SSSR count). The molecule has 0 saturated heterocycles. The van der Waals surface area contributed by atoms with E-state index in [2.05, 4.69) is 58.9 Å². The van der Waals surface area contributed by atoms with Gasteiger partial charge in [0, 0.05) is 18.6 Å². The summed E-state index contributed by atoms with van der Waals surface area (Å²) in [6.45, 7) is 12.6. The smallest absolute Gasteiger partial charge is 0.00324 e. The molecule has 0 spiro atoms. The van der Waals surface area contributed by atoms with E-state index in [-0.39, 0.29) is 0 Å². The molecule has 1 N–H and O–H groups in total. The van der Waals surface area contributed by atoms with Crippen LogP contribution < -0.4 is 5.32 Å². The molecule has 2 unspecified atom stereocenters. The highest BCUT2D eigenvalue weighted by molar-refractivity contribution is 5.16. The molecule has 0 bridgehead atoms. The van der Waals surface area contributed by atoms with Gasteiger partial charge in [-0.3, -0.25) is 0 Å². The van der Waals surface area contributed by atoms with E-state index in [1.807, 2.05) is 0 Å². The summed E-state index contributed by atoms with van der Waals surface area (Å²) in [4.78, 5) is 2.17. The van der Waals surface area contributed by atoms with Crippen LogP contribution in [0.25, 0.3) is 0 Å². The van der Waals surface area contributed by atoms with Gasteiger partial charge in [0.15, 0.2) is 0 Å². The highest BCUT2D eigenvalue weighted by Gasteiger charge is 2.65. The van der Waals surface area contributed by atoms with Crippen molar-refractivity contribution in [2.24, 2.45) is 10.8 Å². The van der Waals surface area contributed by atoms with Crippen LogP contribution in [0.2, 0.25) is 0 Å². The molecular formula is C16H34N2. The average Bonchev–Trinajstić information content (AvgIpc) is 2.70. The number of hydrogen-bond donors (Lipinski definition) is 1. The molecule has 2 fully saturated rings. The SMILES string of the molecule is CC(C)N(C)C.CC(C)NCC12CCCC1(C)C2. The molecule has 0 aromatic heterocycles. The van der Waals surface area contributed by atoms with Crippen LogP contribution in [0.4, 0.5) is 0 Å². The molecule has 2 aliphatic carbocycles. The van der Waals surface area contributed by atoms with Gasteiger partial charge in [0.05, 0.1) is 0 Å². The molecule has 0 aromatic rings. The summed E-state index contributed by atoms with van der Waals surface area (Å²) in [6, 6.07) is 1.34. The first-order chi connectivity index (χ1) is 8.22. The maximum absolute atomic E-state index is 3.59. The van der Waals surface area contributed by atoms with E-state index in [0.717, 1.165) is 10.8 Å². The van der Waals surface area contributed by atoms with Gasteiger partial charge in [0.2, 0.25) is 0 Å². The fraction of sp³-hybridized carbons (Fsp3) is 1.00. The van der Waals surface area contributed by atoms with Gasteiger partial charge in [0.25, 0.3) is 0 Å². The second-order valence-electron chi connectivity index (χ2n) is 7.46. The third kappa shape index (κ3) is 3.71. The predicted octanol–water partition coefficient (Wildman–Crippen LogP) is 3.52. The predicted molar refractivity (Wildman–Crippen MR) is 81.0 cm³/mol. The normalized spacial score (nSPS) is 33.7. The van der Waals surface area contributed by atoms with Crippen molar-refractivity contribution < 1.29 is 0 Å². The number of nitrogens with one attached hydrogen (secondary N) is 1. The molecule has 18 heavy (non-hydrogen) atoms. The van der Waals surface area contributed by atoms with Crippen molar-refractivity contribution in [2.75, 3.05) is 20.6 Å². The van der Waals surface area contributed by atoms with Crippen LogP contribution in [0.3, 0.4) is 0 Å². The largest absolute Gasteiger partial charge is 0.314 e. The van der Waals surface area contributed by atoms with Gasteiger partial charge in [-0.1, -0.05) is 27.2 Å². The first kappa shape index (κ1) is 16.0. The maximum Gasteiger partial charge on any atom is 0.00324 e. The Bertz CT molecular complexity index is 250. The highest BCUT2D eigenvalue weighted by atomic mass is 15.1. The van der Waals surface area contributed by atoms with Gasteiger partial charge >= 0.3 is 0 Å². The lowest BCUT2D eigenvalue weighted by atomic mass is 9.98. The fourth-order valence-corrected chi connectivity index (χ4v) is 3.03. The van der Waals surface area contributed by atoms with Crippen LogP contribution in [-0.4, -0.2) is 37.6 Å². The van der Waals surface area contributed by atoms with Gasteiger partial charge in [-0.15, -0.1) is 0 Å². The summed E-state index contributed by atoms with van der Waals surface area (Å²) in [5.41, 5.74) is 1.45. The topological polar surface area (TPSA) is 15.3 Å². The summed E-state index contributed by atoms with van der Waals surface area (Å²) < 4.78 is 0. The molecule has 2 nitrogen and oxygen atoms in total. The number of hydrogen-bond acceptors (Lipinski definition) is 2. The number of rotatable bonds is 4. The zero-order valence-corrected chi connectivity index (χ0v) is 13.6. The van der Waals surface area contributed by atoms with Gasteiger partial charge in [-0.25, -0.2) is 0 Å². The molecule has 2 atom stereocenters. The van der Waals surface area contributed by atoms with Crippen LogP contribution >= 0.6 is 0 Å². The monoisotopic (exact) mass is 254 g/mol. The molecule has 0 radical (unpaired) electrons. The van der Waals surface area contributed by atoms with E-state index < -0.39 is 0 Å². The molecule has 0 amide bonds. The molecular weight excluding hydrogens is 220 g/mol. The molecule has 2 aliphatic rings. The Hall–Kier alpha value is -0.0800. The minimum atomic E-state index is 0.657. The van der Waals surface area contributed by atoms with Crippen molar-refractivity contribution in [1.82, 2.24) is 10.2 Å². The van der Waals surface area contributed by atoms with E-state index in [9.17, 15) is 0 Å². The molecule has 2 saturated carbocycles. The molecule has 108 valence electrons. The second-order valence-corrected chi connectivity index (χ2v) is 7.46. The van der Waals surface area contributed by atoms with Crippen LogP contribution in [-0.2, 0) is 0 Å². The Kier molecular flexibility index (Phi) is 5.25. The van der Waals surface area contributed by atoms with Crippen molar-refractivity contribution in [3.8, 4) is 0 Å². The van der Waals surface area contributed by atoms with Crippen LogP contribution in [0.1, 0.15) is 60.3 Å². The van der Waals surface area contributed by atoms with E-state index in [1.54, 1.807) is 0 Å². The minimum Gasteiger partial charge on any atom is -0.314 e. The van der Waals surface area contributed by atoms with Crippen molar-refractivity contribution >= 4 is 0 Å². The van der Waals surface area contributed by atoms with Gasteiger partial charge in [-0.05, 0) is 58.0 Å². The summed E-state index contributed by atoms with van der Waals surface area (Å²) in [5, 5.41) is 3.59. The third-order valence-corrected chi connectivity index (χ3v) is 5.15. The molecule has 0 aromatic carbocycles. The van der Waals surface area contributed by atoms with Crippen molar-refractivity contribution in [2.45, 2.75) is 72.4 Å². The quantitative estimate of drug-likeness (QED) is 0.826. The summed E-state index contributed by atoms with van der Waals surface area (Å²) >= 11 is 0. The highest BCUT2D eigenvalue weighted by Crippen LogP contribution is 2.72. The Morgan fingerprint density at radius 2 is 1.67 bits per heavy atom. The van der Waals surface area contributed by atoms with Gasteiger partial charge in [0.1, 0.15) is 0 Å². The lowest BCUT2D eigenvalue weighted by Gasteiger charge is -2.17. The fourth-order valence-electron chi connectivity index (χ4n) is 3.03. The first-order valence-electron chi connectivity index (χ1n) is 7.62. The van der Waals surface area contributed by atoms with Crippen molar-refractivity contribution in [1.29, 1.82) is 0 Å². The molecule has 2 heteroatoms. The van der Waals surface area contributed by atoms with Crippen LogP contribution in [0, 0.1) is 10.8 Å². The third-order valence-electron chi connectivity index (χ3n) is 5.15. The Labute approximate surface area is 115 Å². The Morgan fingerprint density at radius 1 is 1.11 bits per heavy atom. The Morgan fingerprint density at radius 3 is 1.94 bits per heavy atom. The maximum atomic E-state index is 3.59. The summed E-state index contributed by atoms with van der Waals surface area (Å²) in [6.07, 6.45) is 5.91. The number of fused-ring (bicyclic) bond motifs is 1. The van der Waals surface area contributed by atoms with Gasteiger partial charge in [-0.2, -0.15) is 0 Å². The van der Waals surface area contributed by atoms with E-state index in [4.69, 9.17) is 0 Å². The van der Waals surface area contributed by atoms with Crippen molar-refractivity contribution in [3.05, 3.63) is 0 Å².